The predicted molar refractivity (Wildman–Crippen MR) is 118 cm³/mol. The Morgan fingerprint density at radius 1 is 1.16 bits per heavy atom. The minimum atomic E-state index is -0.620. The normalized spacial score (nSPS) is 15.2. The molecule has 0 bridgehead atoms. The van der Waals surface area contributed by atoms with Gasteiger partial charge in [-0.05, 0) is 49.2 Å². The van der Waals surface area contributed by atoms with Crippen LogP contribution in [-0.4, -0.2) is 35.7 Å². The van der Waals surface area contributed by atoms with Gasteiger partial charge in [0.1, 0.15) is 5.82 Å². The van der Waals surface area contributed by atoms with E-state index in [0.29, 0.717) is 22.9 Å². The van der Waals surface area contributed by atoms with Crippen molar-refractivity contribution < 1.29 is 19.1 Å². The summed E-state index contributed by atoms with van der Waals surface area (Å²) in [4.78, 5) is 26.0. The Balaban J connectivity index is 1.79. The molecule has 1 aliphatic rings. The van der Waals surface area contributed by atoms with E-state index in [0.717, 1.165) is 23.4 Å². The Bertz CT molecular complexity index is 1170. The number of fused-ring (bicyclic) bond motifs is 1. The van der Waals surface area contributed by atoms with Crippen molar-refractivity contribution in [1.82, 2.24) is 9.78 Å². The van der Waals surface area contributed by atoms with E-state index in [1.54, 1.807) is 30.0 Å². The van der Waals surface area contributed by atoms with Crippen LogP contribution in [0.4, 0.5) is 5.82 Å². The Labute approximate surface area is 181 Å². The Morgan fingerprint density at radius 2 is 1.94 bits per heavy atom. The largest absolute Gasteiger partial charge is 0.493 e. The van der Waals surface area contributed by atoms with Gasteiger partial charge in [0.2, 0.25) is 5.91 Å². The zero-order valence-electron chi connectivity index (χ0n) is 18.1. The molecule has 0 fully saturated rings. The minimum absolute atomic E-state index is 0.0711. The van der Waals surface area contributed by atoms with E-state index in [1.165, 1.54) is 12.7 Å². The first kappa shape index (κ1) is 20.7. The summed E-state index contributed by atoms with van der Waals surface area (Å²) in [5, 5.41) is 7.59. The van der Waals surface area contributed by atoms with Gasteiger partial charge in [-0.25, -0.2) is 4.68 Å². The number of carbonyl (C=O) groups is 2. The number of nitrogens with zero attached hydrogens (tertiary/aromatic N) is 2. The van der Waals surface area contributed by atoms with Gasteiger partial charge in [-0.1, -0.05) is 19.1 Å². The molecule has 2 aromatic carbocycles. The molecule has 2 heterocycles. The molecule has 1 unspecified atom stereocenters. The van der Waals surface area contributed by atoms with Gasteiger partial charge in [0.25, 0.3) is 0 Å². The van der Waals surface area contributed by atoms with Crippen molar-refractivity contribution in [1.29, 1.82) is 0 Å². The molecule has 4 rings (SSSR count). The quantitative estimate of drug-likeness (QED) is 0.609. The zero-order valence-corrected chi connectivity index (χ0v) is 18.1. The fourth-order valence-corrected chi connectivity index (χ4v) is 4.06. The maximum atomic E-state index is 13.5. The van der Waals surface area contributed by atoms with E-state index in [4.69, 9.17) is 9.47 Å². The molecular formula is C24H25N3O4. The molecule has 0 aliphatic carbocycles. The SMILES string of the molecule is CCc1cccc(-n2nc(C)c3c2NC(=O)CC3C(=O)c2ccc(OC)c(OC)c2)c1. The first-order valence-corrected chi connectivity index (χ1v) is 10.2. The number of hydrogen-bond acceptors (Lipinski definition) is 5. The number of aromatic nitrogens is 2. The first-order valence-electron chi connectivity index (χ1n) is 10.2. The molecular weight excluding hydrogens is 394 g/mol. The number of ketones is 1. The van der Waals surface area contributed by atoms with Crippen LogP contribution in [0.5, 0.6) is 11.5 Å². The smallest absolute Gasteiger partial charge is 0.226 e. The maximum absolute atomic E-state index is 13.5. The van der Waals surface area contributed by atoms with E-state index < -0.39 is 5.92 Å². The number of benzene rings is 2. The summed E-state index contributed by atoms with van der Waals surface area (Å²) >= 11 is 0. The molecule has 7 heteroatoms. The molecule has 7 nitrogen and oxygen atoms in total. The number of nitrogens with one attached hydrogen (secondary N) is 1. The average Bonchev–Trinajstić information content (AvgIpc) is 3.13. The fourth-order valence-electron chi connectivity index (χ4n) is 4.06. The highest BCUT2D eigenvalue weighted by Gasteiger charge is 2.36. The van der Waals surface area contributed by atoms with Crippen molar-refractivity contribution in [2.75, 3.05) is 19.5 Å². The molecule has 1 aromatic heterocycles. The molecule has 1 aliphatic heterocycles. The molecule has 0 radical (unpaired) electrons. The third kappa shape index (κ3) is 3.67. The van der Waals surface area contributed by atoms with Gasteiger partial charge in [0.15, 0.2) is 17.3 Å². The molecule has 1 N–H and O–H groups in total. The van der Waals surface area contributed by atoms with Gasteiger partial charge in [-0.15, -0.1) is 0 Å². The minimum Gasteiger partial charge on any atom is -0.493 e. The molecule has 3 aromatic rings. The number of amides is 1. The number of hydrogen-bond donors (Lipinski definition) is 1. The standard InChI is InChI=1S/C24H25N3O4/c1-5-15-7-6-8-17(11-15)27-24-22(14(2)26-27)18(13-21(28)25-24)23(29)16-9-10-19(30-3)20(12-16)31-4/h6-12,18H,5,13H2,1-4H3,(H,25,28). The third-order valence-electron chi connectivity index (χ3n) is 5.65. The number of rotatable bonds is 6. The van der Waals surface area contributed by atoms with Gasteiger partial charge < -0.3 is 14.8 Å². The van der Waals surface area contributed by atoms with Crippen molar-refractivity contribution in [3.05, 3.63) is 64.8 Å². The van der Waals surface area contributed by atoms with Gasteiger partial charge in [0, 0.05) is 17.5 Å². The predicted octanol–water partition coefficient (Wildman–Crippen LogP) is 4.07. The topological polar surface area (TPSA) is 82.5 Å². The number of aryl methyl sites for hydroxylation is 2. The number of ether oxygens (including phenoxy) is 2. The summed E-state index contributed by atoms with van der Waals surface area (Å²) < 4.78 is 12.3. The first-order chi connectivity index (χ1) is 15.0. The summed E-state index contributed by atoms with van der Waals surface area (Å²) in [6.07, 6.45) is 0.963. The van der Waals surface area contributed by atoms with Crippen molar-refractivity contribution >= 4 is 17.5 Å². The van der Waals surface area contributed by atoms with Crippen molar-refractivity contribution in [3.8, 4) is 17.2 Å². The summed E-state index contributed by atoms with van der Waals surface area (Å²) in [7, 11) is 3.07. The lowest BCUT2D eigenvalue weighted by Crippen LogP contribution is -2.28. The van der Waals surface area contributed by atoms with Crippen LogP contribution >= 0.6 is 0 Å². The van der Waals surface area contributed by atoms with Crippen LogP contribution in [0.1, 0.15) is 46.4 Å². The average molecular weight is 419 g/mol. The summed E-state index contributed by atoms with van der Waals surface area (Å²) in [5.74, 6) is 0.588. The summed E-state index contributed by atoms with van der Waals surface area (Å²) in [6.45, 7) is 3.95. The second-order valence-corrected chi connectivity index (χ2v) is 7.52. The molecule has 31 heavy (non-hydrogen) atoms. The molecule has 1 amide bonds. The van der Waals surface area contributed by atoms with E-state index in [2.05, 4.69) is 17.3 Å². The summed E-state index contributed by atoms with van der Waals surface area (Å²) in [6, 6.07) is 13.0. The van der Waals surface area contributed by atoms with Crippen LogP contribution in [-0.2, 0) is 11.2 Å². The van der Waals surface area contributed by atoms with Crippen LogP contribution in [0.25, 0.3) is 5.69 Å². The van der Waals surface area contributed by atoms with Crippen LogP contribution in [0.2, 0.25) is 0 Å². The Morgan fingerprint density at radius 3 is 2.65 bits per heavy atom. The number of anilines is 1. The van der Waals surface area contributed by atoms with Crippen LogP contribution in [0.3, 0.4) is 0 Å². The molecule has 0 saturated heterocycles. The van der Waals surface area contributed by atoms with E-state index in [-0.39, 0.29) is 18.1 Å². The molecule has 0 saturated carbocycles. The van der Waals surface area contributed by atoms with E-state index >= 15 is 0 Å². The Hall–Kier alpha value is -3.61. The van der Waals surface area contributed by atoms with E-state index in [1.807, 2.05) is 31.2 Å². The number of Topliss-reactive ketones (excluding diaryl/α,β-unsaturated/α-hetero) is 1. The molecule has 0 spiro atoms. The van der Waals surface area contributed by atoms with Gasteiger partial charge in [-0.3, -0.25) is 9.59 Å². The lowest BCUT2D eigenvalue weighted by atomic mass is 9.85. The molecule has 1 atom stereocenters. The van der Waals surface area contributed by atoms with E-state index in [9.17, 15) is 9.59 Å². The van der Waals surface area contributed by atoms with Gasteiger partial charge in [0.05, 0.1) is 31.5 Å². The highest BCUT2D eigenvalue weighted by molar-refractivity contribution is 6.08. The lowest BCUT2D eigenvalue weighted by Gasteiger charge is -2.23. The monoisotopic (exact) mass is 419 g/mol. The van der Waals surface area contributed by atoms with Gasteiger partial charge in [-0.2, -0.15) is 5.10 Å². The van der Waals surface area contributed by atoms with Crippen LogP contribution in [0.15, 0.2) is 42.5 Å². The van der Waals surface area contributed by atoms with Crippen molar-refractivity contribution in [2.45, 2.75) is 32.6 Å². The molecule has 160 valence electrons. The van der Waals surface area contributed by atoms with Crippen molar-refractivity contribution in [2.24, 2.45) is 0 Å². The third-order valence-corrected chi connectivity index (χ3v) is 5.65. The highest BCUT2D eigenvalue weighted by atomic mass is 16.5. The van der Waals surface area contributed by atoms with Crippen LogP contribution < -0.4 is 14.8 Å². The fraction of sp³-hybridized carbons (Fsp3) is 0.292. The highest BCUT2D eigenvalue weighted by Crippen LogP contribution is 2.39. The second kappa shape index (κ2) is 8.26. The zero-order chi connectivity index (χ0) is 22.1. The summed E-state index contributed by atoms with van der Waals surface area (Å²) in [5.41, 5.74) is 3.95. The second-order valence-electron chi connectivity index (χ2n) is 7.52. The number of methoxy groups -OCH3 is 2. The Kier molecular flexibility index (Phi) is 5.50. The lowest BCUT2D eigenvalue weighted by molar-refractivity contribution is -0.116. The maximum Gasteiger partial charge on any atom is 0.226 e. The van der Waals surface area contributed by atoms with Crippen LogP contribution in [0, 0.1) is 6.92 Å². The van der Waals surface area contributed by atoms with Crippen molar-refractivity contribution in [3.63, 3.8) is 0 Å². The van der Waals surface area contributed by atoms with Gasteiger partial charge >= 0.3 is 0 Å². The number of carbonyl (C=O) groups excluding carboxylic acids is 2.